The number of anilines is 2. The average molecular weight is 429 g/mol. The van der Waals surface area contributed by atoms with Gasteiger partial charge >= 0.3 is 0 Å². The van der Waals surface area contributed by atoms with Crippen LogP contribution in [-0.2, 0) is 0 Å². The molecule has 3 heteroatoms. The Balaban J connectivity index is 1.34. The van der Waals surface area contributed by atoms with Crippen molar-refractivity contribution in [2.45, 2.75) is 64.2 Å². The van der Waals surface area contributed by atoms with E-state index in [2.05, 4.69) is 43.3 Å². The van der Waals surface area contributed by atoms with Gasteiger partial charge in [-0.2, -0.15) is 0 Å². The summed E-state index contributed by atoms with van der Waals surface area (Å²) in [6.45, 7) is 2.29. The van der Waals surface area contributed by atoms with Gasteiger partial charge < -0.3 is 16.2 Å². The van der Waals surface area contributed by atoms with Gasteiger partial charge in [0, 0.05) is 5.69 Å². The molecule has 4 rings (SSSR count). The molecule has 3 aromatic rings. The Hall–Kier alpha value is -2.94. The summed E-state index contributed by atoms with van der Waals surface area (Å²) >= 11 is 0. The minimum absolute atomic E-state index is 0.541. The van der Waals surface area contributed by atoms with Crippen LogP contribution in [0.5, 0.6) is 11.5 Å². The molecule has 1 aliphatic carbocycles. The topological polar surface area (TPSA) is 61.3 Å². The fourth-order valence-electron chi connectivity index (χ4n) is 4.92. The lowest BCUT2D eigenvalue weighted by Gasteiger charge is -2.29. The van der Waals surface area contributed by atoms with E-state index in [1.165, 1.54) is 68.1 Å². The van der Waals surface area contributed by atoms with Crippen LogP contribution >= 0.6 is 0 Å². The number of nitrogens with two attached hydrogens (primary N) is 2. The van der Waals surface area contributed by atoms with E-state index in [0.29, 0.717) is 17.1 Å². The number of ether oxygens (including phenoxy) is 1. The van der Waals surface area contributed by atoms with Crippen LogP contribution in [-0.4, -0.2) is 0 Å². The summed E-state index contributed by atoms with van der Waals surface area (Å²) in [5.41, 5.74) is 16.9. The molecule has 0 spiro atoms. The van der Waals surface area contributed by atoms with Crippen LogP contribution in [0.2, 0.25) is 0 Å². The Morgan fingerprint density at radius 2 is 1.44 bits per heavy atom. The van der Waals surface area contributed by atoms with Gasteiger partial charge in [-0.1, -0.05) is 69.0 Å². The lowest BCUT2D eigenvalue weighted by Crippen LogP contribution is -2.13. The van der Waals surface area contributed by atoms with Crippen molar-refractivity contribution in [2.75, 3.05) is 11.5 Å². The third-order valence-corrected chi connectivity index (χ3v) is 6.89. The molecular formula is C29H36N2O. The monoisotopic (exact) mass is 428 g/mol. The maximum Gasteiger partial charge on any atom is 0.150 e. The zero-order valence-corrected chi connectivity index (χ0v) is 19.2. The third kappa shape index (κ3) is 5.64. The van der Waals surface area contributed by atoms with Crippen LogP contribution in [0.4, 0.5) is 11.4 Å². The minimum atomic E-state index is 0.541. The van der Waals surface area contributed by atoms with Crippen LogP contribution in [0.15, 0.2) is 66.7 Å². The molecule has 1 saturated carbocycles. The van der Waals surface area contributed by atoms with E-state index in [1.807, 2.05) is 12.1 Å². The van der Waals surface area contributed by atoms with Gasteiger partial charge in [-0.3, -0.25) is 0 Å². The average Bonchev–Trinajstić information content (AvgIpc) is 2.82. The van der Waals surface area contributed by atoms with E-state index < -0.39 is 0 Å². The largest absolute Gasteiger partial charge is 0.455 e. The molecule has 0 saturated heterocycles. The summed E-state index contributed by atoms with van der Waals surface area (Å²) in [4.78, 5) is 0. The van der Waals surface area contributed by atoms with Crippen molar-refractivity contribution in [2.24, 2.45) is 5.92 Å². The van der Waals surface area contributed by atoms with Crippen molar-refractivity contribution in [3.63, 3.8) is 0 Å². The first kappa shape index (κ1) is 22.3. The lowest BCUT2D eigenvalue weighted by atomic mass is 9.77. The summed E-state index contributed by atoms with van der Waals surface area (Å²) in [5.74, 6) is 3.07. The van der Waals surface area contributed by atoms with Gasteiger partial charge in [0.2, 0.25) is 0 Å². The van der Waals surface area contributed by atoms with E-state index in [0.717, 1.165) is 17.6 Å². The van der Waals surface area contributed by atoms with Crippen LogP contribution < -0.4 is 16.2 Å². The fourth-order valence-corrected chi connectivity index (χ4v) is 4.92. The van der Waals surface area contributed by atoms with Gasteiger partial charge in [-0.25, -0.2) is 0 Å². The van der Waals surface area contributed by atoms with Crippen LogP contribution in [0.3, 0.4) is 0 Å². The zero-order valence-electron chi connectivity index (χ0n) is 19.2. The van der Waals surface area contributed by atoms with Gasteiger partial charge in [0.25, 0.3) is 0 Å². The minimum Gasteiger partial charge on any atom is -0.455 e. The van der Waals surface area contributed by atoms with Crippen LogP contribution in [0, 0.1) is 5.92 Å². The first-order valence-electron chi connectivity index (χ1n) is 12.2. The van der Waals surface area contributed by atoms with Crippen molar-refractivity contribution >= 4 is 11.4 Å². The van der Waals surface area contributed by atoms with E-state index in [-0.39, 0.29) is 0 Å². The predicted molar refractivity (Wildman–Crippen MR) is 136 cm³/mol. The van der Waals surface area contributed by atoms with Crippen molar-refractivity contribution in [3.8, 4) is 22.6 Å². The molecule has 0 aliphatic heterocycles. The molecule has 4 N–H and O–H groups in total. The highest BCUT2D eigenvalue weighted by Crippen LogP contribution is 2.38. The zero-order chi connectivity index (χ0) is 22.3. The summed E-state index contributed by atoms with van der Waals surface area (Å²) < 4.78 is 5.91. The normalized spacial score (nSPS) is 18.4. The Bertz CT molecular complexity index is 987. The van der Waals surface area contributed by atoms with Crippen molar-refractivity contribution < 1.29 is 4.74 Å². The SMILES string of the molecule is CCCCCC1CCC(c2ccc(-c3ccc(Oc4ccc(N)cc4N)cc3)cc2)CC1. The molecule has 1 fully saturated rings. The van der Waals surface area contributed by atoms with Gasteiger partial charge in [0.15, 0.2) is 0 Å². The predicted octanol–water partition coefficient (Wildman–Crippen LogP) is 8.16. The molecule has 3 aromatic carbocycles. The van der Waals surface area contributed by atoms with E-state index >= 15 is 0 Å². The Kier molecular flexibility index (Phi) is 7.36. The molecule has 0 unspecified atom stereocenters. The van der Waals surface area contributed by atoms with Crippen LogP contribution in [0.1, 0.15) is 69.8 Å². The molecule has 0 atom stereocenters. The second-order valence-electron chi connectivity index (χ2n) is 9.26. The maximum absolute atomic E-state index is 6.00. The van der Waals surface area contributed by atoms with Gasteiger partial charge in [0.1, 0.15) is 11.5 Å². The highest BCUT2D eigenvalue weighted by Gasteiger charge is 2.22. The Labute approximate surface area is 192 Å². The summed E-state index contributed by atoms with van der Waals surface area (Å²) in [6.07, 6.45) is 11.1. The van der Waals surface area contributed by atoms with Gasteiger partial charge in [-0.05, 0) is 84.5 Å². The van der Waals surface area contributed by atoms with Crippen molar-refractivity contribution in [3.05, 3.63) is 72.3 Å². The first-order valence-corrected chi connectivity index (χ1v) is 12.2. The number of unbranched alkanes of at least 4 members (excludes halogenated alkanes) is 2. The fraction of sp³-hybridized carbons (Fsp3) is 0.379. The van der Waals surface area contributed by atoms with Crippen LogP contribution in [0.25, 0.3) is 11.1 Å². The standard InChI is InChI=1S/C29H36N2O/c1-2-3-4-5-21-6-8-22(9-7-21)23-10-12-24(13-11-23)25-14-17-27(18-15-25)32-29-19-16-26(30)20-28(29)31/h10-22H,2-9,30-31H2,1H3. The second kappa shape index (κ2) is 10.6. The highest BCUT2D eigenvalue weighted by molar-refractivity contribution is 5.65. The summed E-state index contributed by atoms with van der Waals surface area (Å²) in [7, 11) is 0. The molecule has 0 radical (unpaired) electrons. The molecule has 0 aromatic heterocycles. The highest BCUT2D eigenvalue weighted by atomic mass is 16.5. The van der Waals surface area contributed by atoms with Gasteiger partial charge in [-0.15, -0.1) is 0 Å². The molecule has 0 bridgehead atoms. The summed E-state index contributed by atoms with van der Waals surface area (Å²) in [5, 5.41) is 0. The molecule has 168 valence electrons. The molecule has 32 heavy (non-hydrogen) atoms. The Morgan fingerprint density at radius 1 is 0.781 bits per heavy atom. The van der Waals surface area contributed by atoms with E-state index in [1.54, 1.807) is 18.2 Å². The summed E-state index contributed by atoms with van der Waals surface area (Å²) in [6, 6.07) is 22.7. The molecule has 3 nitrogen and oxygen atoms in total. The number of benzene rings is 3. The van der Waals surface area contributed by atoms with Gasteiger partial charge in [0.05, 0.1) is 5.69 Å². The lowest BCUT2D eigenvalue weighted by molar-refractivity contribution is 0.303. The van der Waals surface area contributed by atoms with E-state index in [9.17, 15) is 0 Å². The second-order valence-corrected chi connectivity index (χ2v) is 9.26. The third-order valence-electron chi connectivity index (χ3n) is 6.89. The number of hydrogen-bond acceptors (Lipinski definition) is 3. The smallest absolute Gasteiger partial charge is 0.150 e. The number of nitrogen functional groups attached to an aromatic ring is 2. The van der Waals surface area contributed by atoms with Crippen molar-refractivity contribution in [1.82, 2.24) is 0 Å². The van der Waals surface area contributed by atoms with E-state index in [4.69, 9.17) is 16.2 Å². The number of hydrogen-bond donors (Lipinski definition) is 2. The van der Waals surface area contributed by atoms with Crippen molar-refractivity contribution in [1.29, 1.82) is 0 Å². The number of rotatable bonds is 8. The molecule has 0 amide bonds. The maximum atomic E-state index is 6.00. The molecular weight excluding hydrogens is 392 g/mol. The first-order chi connectivity index (χ1) is 15.6. The molecule has 1 aliphatic rings. The Morgan fingerprint density at radius 3 is 2.06 bits per heavy atom. The molecule has 0 heterocycles. The quantitative estimate of drug-likeness (QED) is 0.281.